The number of carbonyl (C=O) groups is 2. The Morgan fingerprint density at radius 3 is 2.50 bits per heavy atom. The van der Waals surface area contributed by atoms with E-state index in [1.165, 1.54) is 0 Å². The number of β-amino-alcohol motifs (C(OH)–C–C–N with tert-alkyl or cyclic N) is 1. The smallest absolute Gasteiger partial charge is 0.321 e. The van der Waals surface area contributed by atoms with Crippen LogP contribution in [0.5, 0.6) is 0 Å². The third-order valence-corrected chi connectivity index (χ3v) is 4.51. The molecule has 0 saturated carbocycles. The number of rotatable bonds is 3. The van der Waals surface area contributed by atoms with Gasteiger partial charge in [-0.05, 0) is 50.1 Å². The van der Waals surface area contributed by atoms with Crippen LogP contribution in [0.15, 0.2) is 48.5 Å². The summed E-state index contributed by atoms with van der Waals surface area (Å²) in [7, 11) is 0. The van der Waals surface area contributed by atoms with Crippen molar-refractivity contribution in [1.29, 1.82) is 0 Å². The number of aryl methyl sites for hydroxylation is 1. The van der Waals surface area contributed by atoms with Crippen LogP contribution in [0.3, 0.4) is 0 Å². The highest BCUT2D eigenvalue weighted by Gasteiger charge is 2.34. The standard InChI is InChI=1S/C20H23N3O3/c1-14-8-9-16(21-18(24)15-6-4-3-5-7-15)12-17(14)22-19(25)23-11-10-20(2,26)13-23/h3-9,12,26H,10-11,13H2,1-2H3,(H,21,24)(H,22,25). The lowest BCUT2D eigenvalue weighted by Crippen LogP contribution is -2.36. The molecule has 6 nitrogen and oxygen atoms in total. The Morgan fingerprint density at radius 1 is 1.12 bits per heavy atom. The van der Waals surface area contributed by atoms with Gasteiger partial charge in [-0.2, -0.15) is 0 Å². The van der Waals surface area contributed by atoms with E-state index in [2.05, 4.69) is 10.6 Å². The molecule has 0 aromatic heterocycles. The number of hydrogen-bond acceptors (Lipinski definition) is 3. The maximum atomic E-state index is 12.4. The first-order chi connectivity index (χ1) is 12.3. The lowest BCUT2D eigenvalue weighted by Gasteiger charge is -2.20. The topological polar surface area (TPSA) is 81.7 Å². The van der Waals surface area contributed by atoms with E-state index in [0.717, 1.165) is 5.56 Å². The number of benzene rings is 2. The molecule has 3 rings (SSSR count). The van der Waals surface area contributed by atoms with Crippen LogP contribution >= 0.6 is 0 Å². The van der Waals surface area contributed by atoms with Crippen molar-refractivity contribution in [2.75, 3.05) is 23.7 Å². The van der Waals surface area contributed by atoms with E-state index in [4.69, 9.17) is 0 Å². The summed E-state index contributed by atoms with van der Waals surface area (Å²) in [6.07, 6.45) is 0.562. The lowest BCUT2D eigenvalue weighted by molar-refractivity contribution is 0.0727. The van der Waals surface area contributed by atoms with E-state index in [1.54, 1.807) is 48.2 Å². The zero-order valence-electron chi connectivity index (χ0n) is 15.0. The van der Waals surface area contributed by atoms with E-state index < -0.39 is 5.60 Å². The van der Waals surface area contributed by atoms with E-state index >= 15 is 0 Å². The van der Waals surface area contributed by atoms with Crippen LogP contribution in [0, 0.1) is 6.92 Å². The quantitative estimate of drug-likeness (QED) is 0.792. The minimum absolute atomic E-state index is 0.206. The largest absolute Gasteiger partial charge is 0.388 e. The van der Waals surface area contributed by atoms with Crippen molar-refractivity contribution in [3.63, 3.8) is 0 Å². The molecule has 1 aliphatic heterocycles. The SMILES string of the molecule is Cc1ccc(NC(=O)c2ccccc2)cc1NC(=O)N1CCC(C)(O)C1. The van der Waals surface area contributed by atoms with Crippen molar-refractivity contribution in [3.05, 3.63) is 59.7 Å². The average molecular weight is 353 g/mol. The fourth-order valence-electron chi connectivity index (χ4n) is 2.94. The van der Waals surface area contributed by atoms with E-state index in [9.17, 15) is 14.7 Å². The Balaban J connectivity index is 1.70. The third-order valence-electron chi connectivity index (χ3n) is 4.51. The van der Waals surface area contributed by atoms with Crippen molar-refractivity contribution in [3.8, 4) is 0 Å². The Bertz CT molecular complexity index is 818. The van der Waals surface area contributed by atoms with Gasteiger partial charge < -0.3 is 20.6 Å². The van der Waals surface area contributed by atoms with Crippen LogP contribution in [-0.2, 0) is 0 Å². The van der Waals surface area contributed by atoms with Gasteiger partial charge in [-0.3, -0.25) is 4.79 Å². The number of nitrogens with zero attached hydrogens (tertiary/aromatic N) is 1. The normalized spacial score (nSPS) is 19.3. The summed E-state index contributed by atoms with van der Waals surface area (Å²) < 4.78 is 0. The van der Waals surface area contributed by atoms with Gasteiger partial charge in [-0.1, -0.05) is 24.3 Å². The summed E-state index contributed by atoms with van der Waals surface area (Å²) in [5.74, 6) is -0.206. The summed E-state index contributed by atoms with van der Waals surface area (Å²) in [5.41, 5.74) is 1.86. The fourth-order valence-corrected chi connectivity index (χ4v) is 2.94. The zero-order chi connectivity index (χ0) is 18.7. The highest BCUT2D eigenvalue weighted by atomic mass is 16.3. The van der Waals surface area contributed by atoms with Crippen LogP contribution in [0.1, 0.15) is 29.3 Å². The van der Waals surface area contributed by atoms with Crippen LogP contribution in [0.4, 0.5) is 16.2 Å². The lowest BCUT2D eigenvalue weighted by atomic mass is 10.1. The number of carbonyl (C=O) groups excluding carboxylic acids is 2. The summed E-state index contributed by atoms with van der Waals surface area (Å²) in [6.45, 7) is 4.44. The van der Waals surface area contributed by atoms with Gasteiger partial charge in [-0.25, -0.2) is 4.79 Å². The number of likely N-dealkylation sites (tertiary alicyclic amines) is 1. The zero-order valence-corrected chi connectivity index (χ0v) is 15.0. The average Bonchev–Trinajstić information content (AvgIpc) is 2.98. The first-order valence-corrected chi connectivity index (χ1v) is 8.59. The molecule has 1 atom stereocenters. The van der Waals surface area contributed by atoms with Crippen molar-refractivity contribution < 1.29 is 14.7 Å². The van der Waals surface area contributed by atoms with Gasteiger partial charge in [-0.15, -0.1) is 0 Å². The summed E-state index contributed by atoms with van der Waals surface area (Å²) in [4.78, 5) is 26.3. The van der Waals surface area contributed by atoms with Crippen LogP contribution < -0.4 is 10.6 Å². The highest BCUT2D eigenvalue weighted by molar-refractivity contribution is 6.04. The van der Waals surface area contributed by atoms with E-state index in [0.29, 0.717) is 36.4 Å². The molecule has 2 aromatic carbocycles. The second-order valence-corrected chi connectivity index (χ2v) is 6.95. The number of urea groups is 1. The van der Waals surface area contributed by atoms with Crippen molar-refractivity contribution in [2.45, 2.75) is 25.9 Å². The molecule has 0 spiro atoms. The molecule has 1 saturated heterocycles. The predicted octanol–water partition coefficient (Wildman–Crippen LogP) is 3.24. The maximum Gasteiger partial charge on any atom is 0.321 e. The summed E-state index contributed by atoms with van der Waals surface area (Å²) in [6, 6.07) is 14.1. The van der Waals surface area contributed by atoms with Gasteiger partial charge in [0, 0.05) is 23.5 Å². The molecule has 0 radical (unpaired) electrons. The maximum absolute atomic E-state index is 12.4. The number of nitrogens with one attached hydrogen (secondary N) is 2. The van der Waals surface area contributed by atoms with Crippen LogP contribution in [0.2, 0.25) is 0 Å². The highest BCUT2D eigenvalue weighted by Crippen LogP contribution is 2.24. The first kappa shape index (κ1) is 17.9. The van der Waals surface area contributed by atoms with Gasteiger partial charge >= 0.3 is 6.03 Å². The number of hydrogen-bond donors (Lipinski definition) is 3. The first-order valence-electron chi connectivity index (χ1n) is 8.59. The van der Waals surface area contributed by atoms with Crippen molar-refractivity contribution >= 4 is 23.3 Å². The number of anilines is 2. The van der Waals surface area contributed by atoms with Gasteiger partial charge in [0.1, 0.15) is 0 Å². The summed E-state index contributed by atoms with van der Waals surface area (Å²) >= 11 is 0. The summed E-state index contributed by atoms with van der Waals surface area (Å²) in [5, 5.41) is 15.7. The minimum atomic E-state index is -0.835. The van der Waals surface area contributed by atoms with Crippen molar-refractivity contribution in [1.82, 2.24) is 4.90 Å². The van der Waals surface area contributed by atoms with Gasteiger partial charge in [0.05, 0.1) is 12.1 Å². The predicted molar refractivity (Wildman–Crippen MR) is 101 cm³/mol. The molecule has 6 heteroatoms. The molecule has 1 heterocycles. The van der Waals surface area contributed by atoms with E-state index in [-0.39, 0.29) is 11.9 Å². The molecular weight excluding hydrogens is 330 g/mol. The van der Waals surface area contributed by atoms with Gasteiger partial charge in [0.2, 0.25) is 0 Å². The van der Waals surface area contributed by atoms with Crippen LogP contribution in [0.25, 0.3) is 0 Å². The third kappa shape index (κ3) is 4.21. The molecule has 3 N–H and O–H groups in total. The molecular formula is C20H23N3O3. The molecule has 2 aromatic rings. The van der Waals surface area contributed by atoms with E-state index in [1.807, 2.05) is 19.1 Å². The Hall–Kier alpha value is -2.86. The molecule has 0 bridgehead atoms. The van der Waals surface area contributed by atoms with Gasteiger partial charge in [0.15, 0.2) is 0 Å². The monoisotopic (exact) mass is 353 g/mol. The molecule has 0 aliphatic carbocycles. The number of aliphatic hydroxyl groups is 1. The second-order valence-electron chi connectivity index (χ2n) is 6.95. The molecule has 1 fully saturated rings. The molecule has 1 aliphatic rings. The molecule has 3 amide bonds. The number of amides is 3. The Labute approximate surface area is 152 Å². The minimum Gasteiger partial charge on any atom is -0.388 e. The fraction of sp³-hybridized carbons (Fsp3) is 0.300. The second kappa shape index (κ2) is 7.17. The Morgan fingerprint density at radius 2 is 1.85 bits per heavy atom. The van der Waals surface area contributed by atoms with Gasteiger partial charge in [0.25, 0.3) is 5.91 Å². The molecule has 1 unspecified atom stereocenters. The molecule has 136 valence electrons. The van der Waals surface area contributed by atoms with Crippen molar-refractivity contribution in [2.24, 2.45) is 0 Å². The Kier molecular flexibility index (Phi) is 4.95. The van der Waals surface area contributed by atoms with Crippen LogP contribution in [-0.4, -0.2) is 40.6 Å². The molecule has 26 heavy (non-hydrogen) atoms.